The fourth-order valence-corrected chi connectivity index (χ4v) is 3.05. The Hall–Kier alpha value is -1.38. The van der Waals surface area contributed by atoms with Gasteiger partial charge in [0.05, 0.1) is 0 Å². The highest BCUT2D eigenvalue weighted by Gasteiger charge is 2.26. The number of carbonyl (C=O) groups excluding carboxylic acids is 1. The number of hydrogen-bond acceptors (Lipinski definition) is 1. The van der Waals surface area contributed by atoms with E-state index < -0.39 is 0 Å². The second kappa shape index (κ2) is 5.98. The van der Waals surface area contributed by atoms with Crippen LogP contribution in [0.25, 0.3) is 0 Å². The summed E-state index contributed by atoms with van der Waals surface area (Å²) in [6, 6.07) is 6.60. The van der Waals surface area contributed by atoms with Gasteiger partial charge in [-0.15, -0.1) is 0 Å². The molecule has 1 aromatic rings. The number of hydrogen-bond donors (Lipinski definition) is 1. The van der Waals surface area contributed by atoms with Gasteiger partial charge in [0.15, 0.2) is 0 Å². The Morgan fingerprint density at radius 1 is 1.33 bits per heavy atom. The van der Waals surface area contributed by atoms with Crippen molar-refractivity contribution in [1.29, 1.82) is 0 Å². The van der Waals surface area contributed by atoms with Gasteiger partial charge in [0.25, 0.3) is 0 Å². The first-order chi connectivity index (χ1) is 8.66. The van der Waals surface area contributed by atoms with E-state index in [-0.39, 0.29) is 17.6 Å². The molecule has 1 aliphatic rings. The highest BCUT2D eigenvalue weighted by molar-refractivity contribution is 5.74. The van der Waals surface area contributed by atoms with Gasteiger partial charge in [0.2, 0.25) is 5.91 Å². The molecular formula is C15H20FNO. The predicted octanol–water partition coefficient (Wildman–Crippen LogP) is 3.37. The molecule has 1 fully saturated rings. The van der Waals surface area contributed by atoms with Crippen molar-refractivity contribution in [2.45, 2.75) is 44.4 Å². The Morgan fingerprint density at radius 2 is 2.06 bits per heavy atom. The van der Waals surface area contributed by atoms with Gasteiger partial charge in [-0.2, -0.15) is 0 Å². The zero-order valence-electron chi connectivity index (χ0n) is 10.6. The molecule has 18 heavy (non-hydrogen) atoms. The SMILES string of the molecule is NC(=O)CC(c1cccc(F)c1)C1CCCCC1. The molecule has 1 aromatic carbocycles. The van der Waals surface area contributed by atoms with Gasteiger partial charge in [0, 0.05) is 6.42 Å². The van der Waals surface area contributed by atoms with Crippen LogP contribution >= 0.6 is 0 Å². The van der Waals surface area contributed by atoms with Crippen LogP contribution in [0.1, 0.15) is 50.0 Å². The number of benzene rings is 1. The van der Waals surface area contributed by atoms with E-state index in [0.717, 1.165) is 18.4 Å². The number of halogens is 1. The van der Waals surface area contributed by atoms with Crippen LogP contribution in [0.15, 0.2) is 24.3 Å². The Labute approximate surface area is 107 Å². The van der Waals surface area contributed by atoms with Gasteiger partial charge in [-0.05, 0) is 42.4 Å². The minimum atomic E-state index is -0.296. The fourth-order valence-electron chi connectivity index (χ4n) is 3.05. The summed E-state index contributed by atoms with van der Waals surface area (Å²) in [5, 5.41) is 0. The zero-order valence-corrected chi connectivity index (χ0v) is 10.6. The molecule has 1 atom stereocenters. The van der Waals surface area contributed by atoms with E-state index in [1.54, 1.807) is 12.1 Å². The smallest absolute Gasteiger partial charge is 0.218 e. The third kappa shape index (κ3) is 3.31. The largest absolute Gasteiger partial charge is 0.370 e. The van der Waals surface area contributed by atoms with Crippen LogP contribution in [-0.4, -0.2) is 5.91 Å². The summed E-state index contributed by atoms with van der Waals surface area (Å²) < 4.78 is 13.3. The van der Waals surface area contributed by atoms with Crippen molar-refractivity contribution in [2.75, 3.05) is 0 Å². The molecule has 2 N–H and O–H groups in total. The summed E-state index contributed by atoms with van der Waals surface area (Å²) in [7, 11) is 0. The minimum absolute atomic E-state index is 0.0819. The van der Waals surface area contributed by atoms with Gasteiger partial charge in [-0.25, -0.2) is 4.39 Å². The van der Waals surface area contributed by atoms with Gasteiger partial charge >= 0.3 is 0 Å². The van der Waals surface area contributed by atoms with Crippen LogP contribution in [0, 0.1) is 11.7 Å². The lowest BCUT2D eigenvalue weighted by Gasteiger charge is -2.30. The second-order valence-electron chi connectivity index (χ2n) is 5.23. The molecule has 1 saturated carbocycles. The highest BCUT2D eigenvalue weighted by Crippen LogP contribution is 2.38. The molecule has 0 spiro atoms. The first kappa shape index (κ1) is 13.1. The van der Waals surface area contributed by atoms with E-state index >= 15 is 0 Å². The van der Waals surface area contributed by atoms with E-state index in [1.165, 1.54) is 25.3 Å². The monoisotopic (exact) mass is 249 g/mol. The van der Waals surface area contributed by atoms with Crippen molar-refractivity contribution in [3.63, 3.8) is 0 Å². The molecule has 2 rings (SSSR count). The van der Waals surface area contributed by atoms with Crippen molar-refractivity contribution in [3.8, 4) is 0 Å². The second-order valence-corrected chi connectivity index (χ2v) is 5.23. The zero-order chi connectivity index (χ0) is 13.0. The Kier molecular flexibility index (Phi) is 4.34. The fraction of sp³-hybridized carbons (Fsp3) is 0.533. The molecule has 0 saturated heterocycles. The molecular weight excluding hydrogens is 229 g/mol. The van der Waals surface area contributed by atoms with Crippen molar-refractivity contribution < 1.29 is 9.18 Å². The Morgan fingerprint density at radius 3 is 2.67 bits per heavy atom. The van der Waals surface area contributed by atoms with E-state index in [0.29, 0.717) is 12.3 Å². The van der Waals surface area contributed by atoms with Gasteiger partial charge in [0.1, 0.15) is 5.82 Å². The standard InChI is InChI=1S/C15H20FNO/c16-13-8-4-7-12(9-13)14(10-15(17)18)11-5-2-1-3-6-11/h4,7-9,11,14H,1-3,5-6,10H2,(H2,17,18). The molecule has 0 aliphatic heterocycles. The molecule has 3 heteroatoms. The topological polar surface area (TPSA) is 43.1 Å². The average Bonchev–Trinajstić information content (AvgIpc) is 2.37. The van der Waals surface area contributed by atoms with Gasteiger partial charge in [-0.3, -0.25) is 4.79 Å². The molecule has 1 unspecified atom stereocenters. The van der Waals surface area contributed by atoms with Crippen molar-refractivity contribution >= 4 is 5.91 Å². The maximum atomic E-state index is 13.3. The summed E-state index contributed by atoms with van der Waals surface area (Å²) >= 11 is 0. The first-order valence-corrected chi connectivity index (χ1v) is 6.70. The number of primary amides is 1. The lowest BCUT2D eigenvalue weighted by molar-refractivity contribution is -0.118. The molecule has 1 amide bonds. The lowest BCUT2D eigenvalue weighted by Crippen LogP contribution is -2.23. The molecule has 0 aromatic heterocycles. The minimum Gasteiger partial charge on any atom is -0.370 e. The van der Waals surface area contributed by atoms with Gasteiger partial charge < -0.3 is 5.73 Å². The normalized spacial score (nSPS) is 18.5. The number of carbonyl (C=O) groups is 1. The summed E-state index contributed by atoms with van der Waals surface area (Å²) in [5.41, 5.74) is 6.26. The predicted molar refractivity (Wildman–Crippen MR) is 69.5 cm³/mol. The van der Waals surface area contributed by atoms with Crippen LogP contribution in [0.2, 0.25) is 0 Å². The van der Waals surface area contributed by atoms with Crippen molar-refractivity contribution in [3.05, 3.63) is 35.6 Å². The van der Waals surface area contributed by atoms with Crippen LogP contribution in [0.4, 0.5) is 4.39 Å². The summed E-state index contributed by atoms with van der Waals surface area (Å²) in [6.45, 7) is 0. The maximum Gasteiger partial charge on any atom is 0.218 e. The van der Waals surface area contributed by atoms with Crippen LogP contribution in [-0.2, 0) is 4.79 Å². The van der Waals surface area contributed by atoms with E-state index in [9.17, 15) is 9.18 Å². The number of nitrogens with two attached hydrogens (primary N) is 1. The maximum absolute atomic E-state index is 13.3. The summed E-state index contributed by atoms with van der Waals surface area (Å²) in [6.07, 6.45) is 6.24. The van der Waals surface area contributed by atoms with E-state index in [4.69, 9.17) is 5.73 Å². The third-order valence-corrected chi connectivity index (χ3v) is 3.92. The number of rotatable bonds is 4. The molecule has 0 heterocycles. The Balaban J connectivity index is 2.20. The summed E-state index contributed by atoms with van der Waals surface area (Å²) in [5.74, 6) is 0.0131. The molecule has 98 valence electrons. The third-order valence-electron chi connectivity index (χ3n) is 3.92. The molecule has 0 bridgehead atoms. The van der Waals surface area contributed by atoms with Crippen LogP contribution in [0.5, 0.6) is 0 Å². The quantitative estimate of drug-likeness (QED) is 0.873. The first-order valence-electron chi connectivity index (χ1n) is 6.70. The Bertz CT molecular complexity index is 413. The average molecular weight is 249 g/mol. The summed E-state index contributed by atoms with van der Waals surface area (Å²) in [4.78, 5) is 11.2. The number of amides is 1. The molecule has 1 aliphatic carbocycles. The van der Waals surface area contributed by atoms with Crippen molar-refractivity contribution in [2.24, 2.45) is 11.7 Å². The molecule has 2 nitrogen and oxygen atoms in total. The van der Waals surface area contributed by atoms with Crippen LogP contribution in [0.3, 0.4) is 0 Å². The van der Waals surface area contributed by atoms with Crippen LogP contribution < -0.4 is 5.73 Å². The van der Waals surface area contributed by atoms with E-state index in [1.807, 2.05) is 6.07 Å². The highest BCUT2D eigenvalue weighted by atomic mass is 19.1. The van der Waals surface area contributed by atoms with Crippen molar-refractivity contribution in [1.82, 2.24) is 0 Å². The van der Waals surface area contributed by atoms with E-state index in [2.05, 4.69) is 0 Å². The molecule has 0 radical (unpaired) electrons. The van der Waals surface area contributed by atoms with Gasteiger partial charge in [-0.1, -0.05) is 31.4 Å². The lowest BCUT2D eigenvalue weighted by atomic mass is 9.75.